The molecule has 2 N–H and O–H groups in total. The summed E-state index contributed by atoms with van der Waals surface area (Å²) in [6, 6.07) is 8.84. The Morgan fingerprint density at radius 3 is 3.04 bits per heavy atom. The van der Waals surface area contributed by atoms with Gasteiger partial charge in [0.05, 0.1) is 7.11 Å². The summed E-state index contributed by atoms with van der Waals surface area (Å²) in [6.45, 7) is 1.62. The third-order valence-electron chi connectivity index (χ3n) is 4.28. The Morgan fingerprint density at radius 2 is 2.31 bits per heavy atom. The van der Waals surface area contributed by atoms with E-state index >= 15 is 0 Å². The van der Waals surface area contributed by atoms with Gasteiger partial charge in [-0.15, -0.1) is 5.10 Å². The molecule has 1 amide bonds. The molecular formula is C19H22N4O3. The summed E-state index contributed by atoms with van der Waals surface area (Å²) >= 11 is 0. The number of ether oxygens (including phenoxy) is 1. The van der Waals surface area contributed by atoms with Gasteiger partial charge in [-0.25, -0.2) is 0 Å². The standard InChI is InChI=1S/C19H22N4O3/c1-26-17-8-6-14(12-16(17)24)7-9-19(25)21-15-4-3-11-23(13-15)18-5-2-10-20-22-18/h2,5-10,12,15,24H,3-4,11,13H2,1H3,(H,21,25). The smallest absolute Gasteiger partial charge is 0.244 e. The van der Waals surface area contributed by atoms with Gasteiger partial charge in [-0.2, -0.15) is 5.10 Å². The molecule has 26 heavy (non-hydrogen) atoms. The van der Waals surface area contributed by atoms with E-state index in [9.17, 15) is 9.90 Å². The van der Waals surface area contributed by atoms with E-state index in [-0.39, 0.29) is 17.7 Å². The summed E-state index contributed by atoms with van der Waals surface area (Å²) in [4.78, 5) is 14.3. The van der Waals surface area contributed by atoms with Crippen LogP contribution in [0.3, 0.4) is 0 Å². The molecule has 0 radical (unpaired) electrons. The number of hydrogen-bond acceptors (Lipinski definition) is 6. The first-order valence-corrected chi connectivity index (χ1v) is 8.54. The van der Waals surface area contributed by atoms with Crippen molar-refractivity contribution < 1.29 is 14.6 Å². The molecule has 3 rings (SSSR count). The molecule has 1 aliphatic rings. The number of hydrogen-bond donors (Lipinski definition) is 2. The van der Waals surface area contributed by atoms with Crippen molar-refractivity contribution in [2.75, 3.05) is 25.1 Å². The lowest BCUT2D eigenvalue weighted by molar-refractivity contribution is -0.117. The van der Waals surface area contributed by atoms with Crippen molar-refractivity contribution in [2.45, 2.75) is 18.9 Å². The van der Waals surface area contributed by atoms with Gasteiger partial charge >= 0.3 is 0 Å². The maximum Gasteiger partial charge on any atom is 0.244 e. The number of carbonyl (C=O) groups is 1. The van der Waals surface area contributed by atoms with Gasteiger partial charge in [-0.05, 0) is 48.7 Å². The van der Waals surface area contributed by atoms with E-state index in [0.717, 1.165) is 30.8 Å². The number of benzene rings is 1. The van der Waals surface area contributed by atoms with E-state index < -0.39 is 0 Å². The van der Waals surface area contributed by atoms with E-state index in [2.05, 4.69) is 20.4 Å². The van der Waals surface area contributed by atoms with E-state index in [1.807, 2.05) is 12.1 Å². The number of phenols is 1. The number of carbonyl (C=O) groups excluding carboxylic acids is 1. The number of nitrogens with one attached hydrogen (secondary N) is 1. The van der Waals surface area contributed by atoms with Gasteiger partial charge in [0.1, 0.15) is 0 Å². The van der Waals surface area contributed by atoms with Crippen molar-refractivity contribution >= 4 is 17.8 Å². The van der Waals surface area contributed by atoms with Crippen molar-refractivity contribution in [3.05, 3.63) is 48.2 Å². The molecule has 0 aliphatic carbocycles. The zero-order valence-corrected chi connectivity index (χ0v) is 14.6. The Bertz CT molecular complexity index is 780. The van der Waals surface area contributed by atoms with Crippen LogP contribution in [0.4, 0.5) is 5.82 Å². The Labute approximate surface area is 152 Å². The number of rotatable bonds is 5. The normalized spacial score (nSPS) is 17.3. The molecular weight excluding hydrogens is 332 g/mol. The van der Waals surface area contributed by atoms with Crippen LogP contribution in [0.1, 0.15) is 18.4 Å². The average Bonchev–Trinajstić information content (AvgIpc) is 2.67. The Morgan fingerprint density at radius 1 is 1.42 bits per heavy atom. The zero-order valence-electron chi connectivity index (χ0n) is 14.6. The van der Waals surface area contributed by atoms with Crippen LogP contribution < -0.4 is 15.0 Å². The first-order chi connectivity index (χ1) is 12.7. The highest BCUT2D eigenvalue weighted by atomic mass is 16.5. The zero-order chi connectivity index (χ0) is 18.4. The van der Waals surface area contributed by atoms with E-state index in [0.29, 0.717) is 12.3 Å². The lowest BCUT2D eigenvalue weighted by Gasteiger charge is -2.33. The Hall–Kier alpha value is -3.09. The van der Waals surface area contributed by atoms with Crippen molar-refractivity contribution in [2.24, 2.45) is 0 Å². The van der Waals surface area contributed by atoms with Crippen LogP contribution in [0, 0.1) is 0 Å². The second kappa shape index (κ2) is 8.33. The van der Waals surface area contributed by atoms with E-state index in [1.54, 1.807) is 30.5 Å². The largest absolute Gasteiger partial charge is 0.504 e. The molecule has 1 aromatic carbocycles. The van der Waals surface area contributed by atoms with Crippen LogP contribution in [0.25, 0.3) is 6.08 Å². The van der Waals surface area contributed by atoms with Crippen molar-refractivity contribution in [3.8, 4) is 11.5 Å². The van der Waals surface area contributed by atoms with Crippen LogP contribution in [-0.4, -0.2) is 47.5 Å². The van der Waals surface area contributed by atoms with Gasteiger partial charge in [0.25, 0.3) is 0 Å². The minimum Gasteiger partial charge on any atom is -0.504 e. The summed E-state index contributed by atoms with van der Waals surface area (Å²) in [5, 5.41) is 20.8. The molecule has 0 spiro atoms. The third-order valence-corrected chi connectivity index (χ3v) is 4.28. The number of aromatic hydroxyl groups is 1. The van der Waals surface area contributed by atoms with Crippen molar-refractivity contribution in [1.29, 1.82) is 0 Å². The first-order valence-electron chi connectivity index (χ1n) is 8.54. The topological polar surface area (TPSA) is 87.6 Å². The molecule has 1 unspecified atom stereocenters. The SMILES string of the molecule is COc1ccc(C=CC(=O)NC2CCCN(c3cccnn3)C2)cc1O. The second-order valence-electron chi connectivity index (χ2n) is 6.14. The fourth-order valence-corrected chi connectivity index (χ4v) is 3.00. The quantitative estimate of drug-likeness (QED) is 0.799. The first kappa shape index (κ1) is 17.7. The predicted octanol–water partition coefficient (Wildman–Crippen LogP) is 1.99. The minimum atomic E-state index is -0.161. The second-order valence-corrected chi connectivity index (χ2v) is 6.14. The molecule has 7 nitrogen and oxygen atoms in total. The fraction of sp³-hybridized carbons (Fsp3) is 0.316. The molecule has 1 aromatic heterocycles. The summed E-state index contributed by atoms with van der Waals surface area (Å²) in [7, 11) is 1.49. The third kappa shape index (κ3) is 4.50. The molecule has 0 saturated carbocycles. The summed E-state index contributed by atoms with van der Waals surface area (Å²) in [5.41, 5.74) is 0.725. The highest BCUT2D eigenvalue weighted by molar-refractivity contribution is 5.92. The van der Waals surface area contributed by atoms with Gasteiger partial charge in [0.2, 0.25) is 5.91 Å². The van der Waals surface area contributed by atoms with Gasteiger partial charge in [-0.1, -0.05) is 6.07 Å². The molecule has 1 aliphatic heterocycles. The molecule has 136 valence electrons. The van der Waals surface area contributed by atoms with Crippen LogP contribution >= 0.6 is 0 Å². The number of anilines is 1. The predicted molar refractivity (Wildman–Crippen MR) is 99.1 cm³/mol. The Kier molecular flexibility index (Phi) is 5.68. The number of piperidine rings is 1. The highest BCUT2D eigenvalue weighted by Crippen LogP contribution is 2.26. The number of methoxy groups -OCH3 is 1. The minimum absolute atomic E-state index is 0.0435. The lowest BCUT2D eigenvalue weighted by atomic mass is 10.1. The summed E-state index contributed by atoms with van der Waals surface area (Å²) in [5.74, 6) is 1.11. The molecule has 1 atom stereocenters. The van der Waals surface area contributed by atoms with E-state index in [1.165, 1.54) is 13.2 Å². The van der Waals surface area contributed by atoms with Crippen LogP contribution in [-0.2, 0) is 4.79 Å². The van der Waals surface area contributed by atoms with Gasteiger partial charge in [-0.3, -0.25) is 4.79 Å². The summed E-state index contributed by atoms with van der Waals surface area (Å²) in [6.07, 6.45) is 6.70. The van der Waals surface area contributed by atoms with E-state index in [4.69, 9.17) is 4.74 Å². The Balaban J connectivity index is 1.56. The van der Waals surface area contributed by atoms with Gasteiger partial charge in [0.15, 0.2) is 17.3 Å². The number of phenolic OH excluding ortho intramolecular Hbond substituents is 1. The number of nitrogens with zero attached hydrogens (tertiary/aromatic N) is 3. The highest BCUT2D eigenvalue weighted by Gasteiger charge is 2.21. The van der Waals surface area contributed by atoms with Crippen LogP contribution in [0.15, 0.2) is 42.6 Å². The number of amides is 1. The molecule has 2 heterocycles. The fourth-order valence-electron chi connectivity index (χ4n) is 3.00. The molecule has 7 heteroatoms. The van der Waals surface area contributed by atoms with Crippen LogP contribution in [0.2, 0.25) is 0 Å². The molecule has 1 fully saturated rings. The maximum atomic E-state index is 12.2. The van der Waals surface area contributed by atoms with Crippen molar-refractivity contribution in [1.82, 2.24) is 15.5 Å². The van der Waals surface area contributed by atoms with Gasteiger partial charge in [0, 0.05) is 31.4 Å². The average molecular weight is 354 g/mol. The lowest BCUT2D eigenvalue weighted by Crippen LogP contribution is -2.47. The molecule has 0 bridgehead atoms. The van der Waals surface area contributed by atoms with Crippen molar-refractivity contribution in [3.63, 3.8) is 0 Å². The number of aromatic nitrogens is 2. The van der Waals surface area contributed by atoms with Crippen LogP contribution in [0.5, 0.6) is 11.5 Å². The molecule has 1 saturated heterocycles. The maximum absolute atomic E-state index is 12.2. The summed E-state index contributed by atoms with van der Waals surface area (Å²) < 4.78 is 5.01. The monoisotopic (exact) mass is 354 g/mol. The van der Waals surface area contributed by atoms with Gasteiger partial charge < -0.3 is 20.1 Å². The molecule has 2 aromatic rings.